The molecule has 0 saturated carbocycles. The first-order valence-corrected chi connectivity index (χ1v) is 9.18. The third kappa shape index (κ3) is 3.21. The minimum atomic E-state index is -1.02. The molecule has 1 N–H and O–H groups in total. The van der Waals surface area contributed by atoms with Gasteiger partial charge in [-0.3, -0.25) is 14.5 Å². The van der Waals surface area contributed by atoms with Gasteiger partial charge < -0.3 is 10.1 Å². The Morgan fingerprint density at radius 3 is 2.62 bits per heavy atom. The number of carbonyl (C=O) groups is 2. The summed E-state index contributed by atoms with van der Waals surface area (Å²) in [5, 5.41) is 2.86. The highest BCUT2D eigenvalue weighted by Gasteiger charge is 2.45. The highest BCUT2D eigenvalue weighted by Crippen LogP contribution is 2.37. The van der Waals surface area contributed by atoms with Crippen LogP contribution in [0.1, 0.15) is 26.3 Å². The predicted molar refractivity (Wildman–Crippen MR) is 106 cm³/mol. The maximum atomic E-state index is 13.2. The summed E-state index contributed by atoms with van der Waals surface area (Å²) in [7, 11) is 0. The molecule has 1 atom stereocenters. The van der Waals surface area contributed by atoms with Gasteiger partial charge in [-0.25, -0.2) is 0 Å². The van der Waals surface area contributed by atoms with Crippen LogP contribution in [-0.2, 0) is 9.59 Å². The summed E-state index contributed by atoms with van der Waals surface area (Å²) in [4.78, 5) is 27.2. The molecule has 0 aliphatic carbocycles. The van der Waals surface area contributed by atoms with Gasteiger partial charge in [-0.05, 0) is 73.5 Å². The molecule has 3 rings (SSSR count). The molecule has 0 bridgehead atoms. The van der Waals surface area contributed by atoms with E-state index in [4.69, 9.17) is 4.74 Å². The van der Waals surface area contributed by atoms with Crippen LogP contribution in [0.5, 0.6) is 5.75 Å². The standard InChI is InChI=1S/C20H21BrN2O3/c1-12-9-10-17(14(21)11-12)26-13(2)18(24)23-16-8-6-5-7-15(16)22-19(25)20(23,3)4/h5-11,13H,1-4H3,(H,22,25)/t13-/m0/s1. The van der Waals surface area contributed by atoms with Crippen LogP contribution in [0, 0.1) is 6.92 Å². The maximum absolute atomic E-state index is 13.2. The Balaban J connectivity index is 1.93. The smallest absolute Gasteiger partial charge is 0.268 e. The average molecular weight is 417 g/mol. The molecule has 136 valence electrons. The number of carbonyl (C=O) groups excluding carboxylic acids is 2. The Kier molecular flexibility index (Phi) is 4.80. The number of anilines is 2. The molecular weight excluding hydrogens is 396 g/mol. The van der Waals surface area contributed by atoms with Gasteiger partial charge in [-0.1, -0.05) is 18.2 Å². The van der Waals surface area contributed by atoms with Gasteiger partial charge in [-0.15, -0.1) is 0 Å². The van der Waals surface area contributed by atoms with E-state index in [2.05, 4.69) is 21.2 Å². The van der Waals surface area contributed by atoms with Gasteiger partial charge in [0.2, 0.25) is 5.91 Å². The number of amides is 2. The SMILES string of the molecule is Cc1ccc(O[C@@H](C)C(=O)N2c3ccccc3NC(=O)C2(C)C)c(Br)c1. The van der Waals surface area contributed by atoms with E-state index in [0.29, 0.717) is 17.1 Å². The van der Waals surface area contributed by atoms with Crippen LogP contribution in [0.4, 0.5) is 11.4 Å². The molecular formula is C20H21BrN2O3. The molecule has 2 aromatic rings. The number of nitrogens with zero attached hydrogens (tertiary/aromatic N) is 1. The summed E-state index contributed by atoms with van der Waals surface area (Å²) in [5.41, 5.74) is 1.36. The summed E-state index contributed by atoms with van der Waals surface area (Å²) in [6.45, 7) is 7.13. The van der Waals surface area contributed by atoms with Crippen molar-refractivity contribution in [1.29, 1.82) is 0 Å². The van der Waals surface area contributed by atoms with E-state index in [1.54, 1.807) is 26.8 Å². The third-order valence-corrected chi connectivity index (χ3v) is 5.09. The highest BCUT2D eigenvalue weighted by atomic mass is 79.9. The van der Waals surface area contributed by atoms with E-state index in [-0.39, 0.29) is 11.8 Å². The second-order valence-electron chi connectivity index (χ2n) is 6.90. The van der Waals surface area contributed by atoms with Gasteiger partial charge >= 0.3 is 0 Å². The van der Waals surface area contributed by atoms with Crippen molar-refractivity contribution >= 4 is 39.1 Å². The molecule has 0 fully saturated rings. The minimum absolute atomic E-state index is 0.228. The predicted octanol–water partition coefficient (Wildman–Crippen LogP) is 4.29. The largest absolute Gasteiger partial charge is 0.480 e. The number of benzene rings is 2. The fraction of sp³-hybridized carbons (Fsp3) is 0.300. The summed E-state index contributed by atoms with van der Waals surface area (Å²) in [5.74, 6) is 0.0852. The van der Waals surface area contributed by atoms with Gasteiger partial charge in [0.25, 0.3) is 5.91 Å². The summed E-state index contributed by atoms with van der Waals surface area (Å²) in [6, 6.07) is 12.9. The van der Waals surface area contributed by atoms with Gasteiger partial charge in [0.1, 0.15) is 11.3 Å². The summed E-state index contributed by atoms with van der Waals surface area (Å²) < 4.78 is 6.67. The van der Waals surface area contributed by atoms with Crippen molar-refractivity contribution in [3.05, 3.63) is 52.5 Å². The Bertz CT molecular complexity index is 879. The lowest BCUT2D eigenvalue weighted by Gasteiger charge is -2.42. The fourth-order valence-electron chi connectivity index (χ4n) is 2.97. The average Bonchev–Trinajstić information content (AvgIpc) is 2.57. The molecule has 0 unspecified atom stereocenters. The van der Waals surface area contributed by atoms with Crippen LogP contribution in [0.15, 0.2) is 46.9 Å². The molecule has 1 aliphatic rings. The van der Waals surface area contributed by atoms with Gasteiger partial charge in [-0.2, -0.15) is 0 Å². The first kappa shape index (κ1) is 18.5. The van der Waals surface area contributed by atoms with Crippen LogP contribution >= 0.6 is 15.9 Å². The zero-order valence-corrected chi connectivity index (χ0v) is 16.8. The Hall–Kier alpha value is -2.34. The molecule has 1 heterocycles. The lowest BCUT2D eigenvalue weighted by Crippen LogP contribution is -2.60. The monoisotopic (exact) mass is 416 g/mol. The van der Waals surface area contributed by atoms with E-state index in [1.807, 2.05) is 43.3 Å². The van der Waals surface area contributed by atoms with Crippen molar-refractivity contribution in [1.82, 2.24) is 0 Å². The van der Waals surface area contributed by atoms with Gasteiger partial charge in [0.05, 0.1) is 15.8 Å². The van der Waals surface area contributed by atoms with Crippen molar-refractivity contribution in [2.75, 3.05) is 10.2 Å². The third-order valence-electron chi connectivity index (χ3n) is 4.47. The van der Waals surface area contributed by atoms with Crippen molar-refractivity contribution in [3.63, 3.8) is 0 Å². The molecule has 0 radical (unpaired) electrons. The number of halogens is 1. The molecule has 0 aromatic heterocycles. The molecule has 2 aromatic carbocycles. The number of ether oxygens (including phenoxy) is 1. The topological polar surface area (TPSA) is 58.6 Å². The van der Waals surface area contributed by atoms with Gasteiger partial charge in [0.15, 0.2) is 6.10 Å². The van der Waals surface area contributed by atoms with Crippen LogP contribution in [0.25, 0.3) is 0 Å². The quantitative estimate of drug-likeness (QED) is 0.811. The number of para-hydroxylation sites is 2. The number of fused-ring (bicyclic) bond motifs is 1. The van der Waals surface area contributed by atoms with Crippen molar-refractivity contribution < 1.29 is 14.3 Å². The van der Waals surface area contributed by atoms with E-state index >= 15 is 0 Å². The van der Waals surface area contributed by atoms with Crippen molar-refractivity contribution in [3.8, 4) is 5.75 Å². The summed E-state index contributed by atoms with van der Waals surface area (Å²) in [6.07, 6.45) is -0.757. The lowest BCUT2D eigenvalue weighted by atomic mass is 9.95. The molecule has 0 spiro atoms. The number of rotatable bonds is 3. The Morgan fingerprint density at radius 1 is 1.23 bits per heavy atom. The first-order valence-electron chi connectivity index (χ1n) is 8.39. The number of aryl methyl sites for hydroxylation is 1. The maximum Gasteiger partial charge on any atom is 0.268 e. The van der Waals surface area contributed by atoms with E-state index in [9.17, 15) is 9.59 Å². The van der Waals surface area contributed by atoms with Crippen molar-refractivity contribution in [2.24, 2.45) is 0 Å². The molecule has 1 aliphatic heterocycles. The van der Waals surface area contributed by atoms with Crippen molar-refractivity contribution in [2.45, 2.75) is 39.3 Å². The van der Waals surface area contributed by atoms with Crippen LogP contribution in [0.3, 0.4) is 0 Å². The van der Waals surface area contributed by atoms with Gasteiger partial charge in [0, 0.05) is 0 Å². The second-order valence-corrected chi connectivity index (χ2v) is 7.75. The van der Waals surface area contributed by atoms with Crippen LogP contribution in [0.2, 0.25) is 0 Å². The molecule has 26 heavy (non-hydrogen) atoms. The second kappa shape index (κ2) is 6.76. The zero-order chi connectivity index (χ0) is 19.1. The number of nitrogens with one attached hydrogen (secondary N) is 1. The van der Waals surface area contributed by atoms with E-state index in [1.165, 1.54) is 4.90 Å². The zero-order valence-electron chi connectivity index (χ0n) is 15.2. The Labute approximate surface area is 161 Å². The Morgan fingerprint density at radius 2 is 1.92 bits per heavy atom. The number of hydrogen-bond donors (Lipinski definition) is 1. The number of hydrogen-bond acceptors (Lipinski definition) is 3. The van der Waals surface area contributed by atoms with E-state index in [0.717, 1.165) is 10.0 Å². The fourth-order valence-corrected chi connectivity index (χ4v) is 3.56. The van der Waals surface area contributed by atoms with Crippen LogP contribution in [-0.4, -0.2) is 23.5 Å². The highest BCUT2D eigenvalue weighted by molar-refractivity contribution is 9.10. The lowest BCUT2D eigenvalue weighted by molar-refractivity contribution is -0.130. The normalized spacial score (nSPS) is 16.5. The molecule has 5 nitrogen and oxygen atoms in total. The molecule has 6 heteroatoms. The first-order chi connectivity index (χ1) is 12.2. The minimum Gasteiger partial charge on any atom is -0.480 e. The van der Waals surface area contributed by atoms with Crippen LogP contribution < -0.4 is 15.0 Å². The summed E-state index contributed by atoms with van der Waals surface area (Å²) >= 11 is 3.46. The van der Waals surface area contributed by atoms with E-state index < -0.39 is 11.6 Å². The molecule has 2 amide bonds. The molecule has 0 saturated heterocycles.